The maximum Gasteiger partial charge on any atom is -0.0533 e. The highest BCUT2D eigenvalue weighted by Crippen LogP contribution is 2.12. The minimum absolute atomic E-state index is 1.36. The second-order valence-electron chi connectivity index (χ2n) is 21.1. The fraction of sp³-hybridized carbons (Fsp3) is 1.00. The lowest BCUT2D eigenvalue weighted by molar-refractivity contribution is 0.585. The van der Waals surface area contributed by atoms with Gasteiger partial charge >= 0.3 is 0 Å². The first-order chi connectivity index (χ1) is 33.4. The van der Waals surface area contributed by atoms with Gasteiger partial charge in [0.2, 0.25) is 0 Å². The van der Waals surface area contributed by atoms with Gasteiger partial charge in [-0.15, -0.1) is 0 Å². The Balaban J connectivity index is -0.000000128. The van der Waals surface area contributed by atoms with Crippen LogP contribution in [-0.4, -0.2) is 0 Å². The van der Waals surface area contributed by atoms with Crippen LogP contribution in [0.5, 0.6) is 0 Å². The molecule has 0 aliphatic rings. The Bertz CT molecular complexity index is 443. The molecular weight excluding hydrogens is 817 g/mol. The van der Waals surface area contributed by atoms with E-state index in [1.54, 1.807) is 0 Å². The molecule has 0 saturated carbocycles. The van der Waals surface area contributed by atoms with Gasteiger partial charge in [0.15, 0.2) is 0 Å². The number of hydrogen-bond donors (Lipinski definition) is 0. The third-order valence-electron chi connectivity index (χ3n) is 13.2. The molecule has 0 spiro atoms. The predicted molar refractivity (Wildman–Crippen MR) is 329 cm³/mol. The molecule has 0 heteroatoms. The Hall–Kier alpha value is 0. The lowest BCUT2D eigenvalue weighted by atomic mass is 10.1. The second kappa shape index (κ2) is 100. The zero-order chi connectivity index (χ0) is 52.2. The fourth-order valence-electron chi connectivity index (χ4n) is 8.10. The summed E-state index contributed by atoms with van der Waals surface area (Å²) in [6, 6.07) is 0. The van der Waals surface area contributed by atoms with Crippen molar-refractivity contribution in [3.05, 3.63) is 0 Å². The van der Waals surface area contributed by atoms with Gasteiger partial charge < -0.3 is 0 Å². The number of rotatable bonds is 47. The largest absolute Gasteiger partial charge is 0.0654 e. The molecule has 0 unspecified atom stereocenters. The van der Waals surface area contributed by atoms with Crippen LogP contribution in [-0.2, 0) is 0 Å². The summed E-state index contributed by atoms with van der Waals surface area (Å²) in [6.07, 6.45) is 77.2. The molecule has 68 heavy (non-hydrogen) atoms. The Morgan fingerprint density at radius 2 is 0.118 bits per heavy atom. The van der Waals surface area contributed by atoms with E-state index in [9.17, 15) is 0 Å². The minimum Gasteiger partial charge on any atom is -0.0654 e. The van der Waals surface area contributed by atoms with E-state index in [-0.39, 0.29) is 0 Å². The van der Waals surface area contributed by atoms with Gasteiger partial charge in [0.05, 0.1) is 0 Å². The van der Waals surface area contributed by atoms with Crippen molar-refractivity contribution in [1.29, 1.82) is 0 Å². The van der Waals surface area contributed by atoms with Crippen LogP contribution in [0.15, 0.2) is 0 Å². The lowest BCUT2D eigenvalue weighted by Crippen LogP contribution is -1.77. The Labute approximate surface area is 441 Å². The molecule has 0 aliphatic carbocycles. The first-order valence-corrected chi connectivity index (χ1v) is 33.4. The van der Waals surface area contributed by atoms with E-state index in [1.807, 2.05) is 0 Å². The van der Waals surface area contributed by atoms with E-state index >= 15 is 0 Å². The summed E-state index contributed by atoms with van der Waals surface area (Å²) in [5.41, 5.74) is 0. The highest BCUT2D eigenvalue weighted by molar-refractivity contribution is 4.48. The van der Waals surface area contributed by atoms with Gasteiger partial charge in [-0.1, -0.05) is 444 Å². The van der Waals surface area contributed by atoms with E-state index in [4.69, 9.17) is 0 Å². The van der Waals surface area contributed by atoms with Crippen molar-refractivity contribution in [2.45, 2.75) is 444 Å². The predicted octanol–water partition coefficient (Wildman–Crippen LogP) is 28.2. The molecule has 0 heterocycles. The molecule has 0 aromatic carbocycles. The zero-order valence-corrected chi connectivity index (χ0v) is 52.2. The van der Waals surface area contributed by atoms with E-state index < -0.39 is 0 Å². The fourth-order valence-corrected chi connectivity index (χ4v) is 8.10. The molecule has 422 valence electrons. The summed E-state index contributed by atoms with van der Waals surface area (Å²) in [7, 11) is 0. The van der Waals surface area contributed by atoms with Gasteiger partial charge in [-0.05, 0) is 0 Å². The summed E-state index contributed by atoms with van der Waals surface area (Å²) in [4.78, 5) is 0. The van der Waals surface area contributed by atoms with Crippen LogP contribution < -0.4 is 0 Å². The van der Waals surface area contributed by atoms with Crippen molar-refractivity contribution < 1.29 is 0 Å². The van der Waals surface area contributed by atoms with Crippen molar-refractivity contribution in [1.82, 2.24) is 0 Å². The third kappa shape index (κ3) is 126. The van der Waals surface area contributed by atoms with Crippen LogP contribution in [0.1, 0.15) is 444 Å². The molecular formula is C68H150. The summed E-state index contributed by atoms with van der Waals surface area (Å²) in [5.74, 6) is 0. The molecule has 0 N–H and O–H groups in total. The van der Waals surface area contributed by atoms with Gasteiger partial charge in [0, 0.05) is 0 Å². The Kier molecular flexibility index (Phi) is 121. The zero-order valence-electron chi connectivity index (χ0n) is 52.2. The molecule has 0 aliphatic heterocycles. The Morgan fingerprint density at radius 3 is 0.162 bits per heavy atom. The first kappa shape index (κ1) is 82.0. The topological polar surface area (TPSA) is 0 Å². The molecule has 0 radical (unpaired) electrons. The standard InChI is InChI=1S/6C10H22.C8H18/c6*1-3-5-7-9-10-8-6-4-2;1-3-5-7-8-6-4-2/h6*3-10H2,1-2H3;3-8H2,1-2H3. The van der Waals surface area contributed by atoms with E-state index in [1.165, 1.54) is 347 Å². The van der Waals surface area contributed by atoms with Crippen LogP contribution in [0.2, 0.25) is 0 Å². The quantitative estimate of drug-likeness (QED) is 0.0533. The van der Waals surface area contributed by atoms with Gasteiger partial charge in [-0.25, -0.2) is 0 Å². The molecule has 0 atom stereocenters. The highest BCUT2D eigenvalue weighted by atomic mass is 14.0. The average Bonchev–Trinajstić information content (AvgIpc) is 3.36. The van der Waals surface area contributed by atoms with E-state index in [2.05, 4.69) is 96.9 Å². The van der Waals surface area contributed by atoms with Crippen LogP contribution in [0, 0.1) is 0 Å². The maximum absolute atomic E-state index is 2.27. The molecule has 0 rings (SSSR count). The number of hydrogen-bond acceptors (Lipinski definition) is 0. The van der Waals surface area contributed by atoms with Gasteiger partial charge in [-0.3, -0.25) is 0 Å². The van der Waals surface area contributed by atoms with Gasteiger partial charge in [0.1, 0.15) is 0 Å². The molecule has 0 saturated heterocycles. The maximum atomic E-state index is 2.27. The highest BCUT2D eigenvalue weighted by Gasteiger charge is 1.92. The van der Waals surface area contributed by atoms with E-state index in [0.717, 1.165) is 0 Å². The van der Waals surface area contributed by atoms with Crippen molar-refractivity contribution in [3.8, 4) is 0 Å². The first-order valence-electron chi connectivity index (χ1n) is 33.4. The number of unbranched alkanes of at least 4 members (excludes halogenated alkanes) is 47. The second-order valence-corrected chi connectivity index (χ2v) is 21.1. The minimum atomic E-state index is 1.36. The molecule has 0 aromatic heterocycles. The average molecular weight is 968 g/mol. The van der Waals surface area contributed by atoms with Crippen molar-refractivity contribution in [3.63, 3.8) is 0 Å². The third-order valence-corrected chi connectivity index (χ3v) is 13.2. The molecule has 0 aromatic rings. The molecule has 0 bridgehead atoms. The summed E-state index contributed by atoms with van der Waals surface area (Å²) in [6.45, 7) is 31.8. The van der Waals surface area contributed by atoms with Crippen LogP contribution in [0.3, 0.4) is 0 Å². The van der Waals surface area contributed by atoms with Crippen LogP contribution in [0.25, 0.3) is 0 Å². The lowest BCUT2D eigenvalue weighted by Gasteiger charge is -1.97. The van der Waals surface area contributed by atoms with Gasteiger partial charge in [-0.2, -0.15) is 0 Å². The van der Waals surface area contributed by atoms with Gasteiger partial charge in [0.25, 0.3) is 0 Å². The summed E-state index contributed by atoms with van der Waals surface area (Å²) in [5, 5.41) is 0. The van der Waals surface area contributed by atoms with Crippen molar-refractivity contribution >= 4 is 0 Å². The van der Waals surface area contributed by atoms with Crippen LogP contribution >= 0.6 is 0 Å². The summed E-state index contributed by atoms with van der Waals surface area (Å²) >= 11 is 0. The Morgan fingerprint density at radius 1 is 0.0735 bits per heavy atom. The smallest absolute Gasteiger partial charge is 0.0533 e. The molecule has 0 amide bonds. The van der Waals surface area contributed by atoms with Crippen LogP contribution in [0.4, 0.5) is 0 Å². The molecule has 0 nitrogen and oxygen atoms in total. The normalized spacial score (nSPS) is 10.1. The van der Waals surface area contributed by atoms with Crippen molar-refractivity contribution in [2.24, 2.45) is 0 Å². The SMILES string of the molecule is CCCCCCCC.CCCCCCCCCC.CCCCCCCCCC.CCCCCCCCCC.CCCCCCCCCC.CCCCCCCCCC.CCCCCCCCCC. The monoisotopic (exact) mass is 967 g/mol. The van der Waals surface area contributed by atoms with E-state index in [0.29, 0.717) is 0 Å². The summed E-state index contributed by atoms with van der Waals surface area (Å²) < 4.78 is 0. The van der Waals surface area contributed by atoms with Crippen molar-refractivity contribution in [2.75, 3.05) is 0 Å². The molecule has 0 fully saturated rings.